The van der Waals surface area contributed by atoms with Crippen LogP contribution in [0, 0.1) is 0 Å². The number of nitrogens with zero attached hydrogens (tertiary/aromatic N) is 2. The molecule has 96 valence electrons. The average molecular weight is 273 g/mol. The van der Waals surface area contributed by atoms with Gasteiger partial charge in [0.1, 0.15) is 0 Å². The second kappa shape index (κ2) is 6.47. The van der Waals surface area contributed by atoms with E-state index in [2.05, 4.69) is 22.1 Å². The van der Waals surface area contributed by atoms with Crippen LogP contribution in [0.2, 0.25) is 0 Å². The summed E-state index contributed by atoms with van der Waals surface area (Å²) in [6.07, 6.45) is 3.07. The first kappa shape index (κ1) is 13.0. The van der Waals surface area contributed by atoms with Crippen molar-refractivity contribution in [1.29, 1.82) is 0 Å². The summed E-state index contributed by atoms with van der Waals surface area (Å²) < 4.78 is 11.2. The maximum Gasteiger partial charge on any atom is 0.182 e. The van der Waals surface area contributed by atoms with Gasteiger partial charge in [-0.15, -0.1) is 11.3 Å². The van der Waals surface area contributed by atoms with E-state index in [0.29, 0.717) is 0 Å². The van der Waals surface area contributed by atoms with Crippen LogP contribution in [0.4, 0.5) is 5.13 Å². The van der Waals surface area contributed by atoms with Gasteiger partial charge in [0.05, 0.1) is 0 Å². The van der Waals surface area contributed by atoms with Crippen LogP contribution >= 0.6 is 11.3 Å². The molecule has 0 unspecified atom stereocenters. The lowest BCUT2D eigenvalue weighted by atomic mass is 10.4. The highest BCUT2D eigenvalue weighted by Gasteiger charge is 2.16. The van der Waals surface area contributed by atoms with Crippen molar-refractivity contribution >= 4 is 27.3 Å². The van der Waals surface area contributed by atoms with Crippen molar-refractivity contribution in [3.8, 4) is 0 Å². The van der Waals surface area contributed by atoms with Crippen molar-refractivity contribution < 1.29 is 4.21 Å². The van der Waals surface area contributed by atoms with Crippen molar-refractivity contribution in [2.45, 2.75) is 19.9 Å². The molecule has 1 fully saturated rings. The first-order valence-corrected chi connectivity index (χ1v) is 8.34. The fourth-order valence-electron chi connectivity index (χ4n) is 1.75. The van der Waals surface area contributed by atoms with Gasteiger partial charge in [-0.3, -0.25) is 9.11 Å². The molecule has 2 heterocycles. The minimum absolute atomic E-state index is 0.584. The number of anilines is 1. The molecule has 17 heavy (non-hydrogen) atoms. The molecule has 1 saturated heterocycles. The molecule has 0 radical (unpaired) electrons. The molecule has 0 aromatic carbocycles. The summed E-state index contributed by atoms with van der Waals surface area (Å²) in [5.74, 6) is 1.64. The van der Waals surface area contributed by atoms with Crippen molar-refractivity contribution in [2.75, 3.05) is 36.5 Å². The molecule has 4 nitrogen and oxygen atoms in total. The molecule has 1 aliphatic heterocycles. The molecular formula is C11H19N3OS2. The zero-order valence-electron chi connectivity index (χ0n) is 10.1. The predicted octanol–water partition coefficient (Wildman–Crippen LogP) is 1.53. The normalized spacial score (nSPS) is 18.4. The summed E-state index contributed by atoms with van der Waals surface area (Å²) in [4.78, 5) is 8.00. The number of hydrogen-bond donors (Lipinski definition) is 1. The summed E-state index contributed by atoms with van der Waals surface area (Å²) in [5, 5.41) is 4.32. The Morgan fingerprint density at radius 1 is 1.53 bits per heavy atom. The molecule has 0 amide bonds. The largest absolute Gasteiger partial charge is 0.362 e. The summed E-state index contributed by atoms with van der Waals surface area (Å²) >= 11 is 1.73. The topological polar surface area (TPSA) is 45.2 Å². The van der Waals surface area contributed by atoms with E-state index >= 15 is 0 Å². The van der Waals surface area contributed by atoms with Gasteiger partial charge in [-0.25, -0.2) is 4.98 Å². The third-order valence-electron chi connectivity index (χ3n) is 2.73. The molecule has 0 saturated carbocycles. The van der Waals surface area contributed by atoms with Crippen LogP contribution in [0.15, 0.2) is 6.20 Å². The number of hydrogen-bond acceptors (Lipinski definition) is 5. The minimum Gasteiger partial charge on any atom is -0.362 e. The third kappa shape index (κ3) is 4.04. The van der Waals surface area contributed by atoms with E-state index in [9.17, 15) is 4.21 Å². The Morgan fingerprint density at radius 2 is 2.29 bits per heavy atom. The van der Waals surface area contributed by atoms with E-state index < -0.39 is 10.8 Å². The Labute approximate surface area is 109 Å². The highest BCUT2D eigenvalue weighted by Crippen LogP contribution is 2.20. The lowest BCUT2D eigenvalue weighted by Gasteiger charge is -2.25. The van der Waals surface area contributed by atoms with Gasteiger partial charge < -0.3 is 5.32 Å². The van der Waals surface area contributed by atoms with Gasteiger partial charge in [0, 0.05) is 59.6 Å². The Morgan fingerprint density at radius 3 is 3.00 bits per heavy atom. The lowest BCUT2D eigenvalue weighted by molar-refractivity contribution is 0.294. The van der Waals surface area contributed by atoms with Crippen molar-refractivity contribution in [3.05, 3.63) is 11.1 Å². The Bertz CT molecular complexity index is 371. The lowest BCUT2D eigenvalue weighted by Crippen LogP contribution is -2.36. The van der Waals surface area contributed by atoms with E-state index in [1.807, 2.05) is 6.20 Å². The van der Waals surface area contributed by atoms with Crippen LogP contribution < -0.4 is 5.32 Å². The fourth-order valence-corrected chi connectivity index (χ4v) is 3.76. The van der Waals surface area contributed by atoms with E-state index in [0.717, 1.165) is 49.2 Å². The molecule has 1 aromatic rings. The van der Waals surface area contributed by atoms with Crippen LogP contribution in [0.5, 0.6) is 0 Å². The molecular weight excluding hydrogens is 254 g/mol. The first-order valence-electron chi connectivity index (χ1n) is 6.04. The van der Waals surface area contributed by atoms with Crippen molar-refractivity contribution in [2.24, 2.45) is 0 Å². The number of aromatic nitrogens is 1. The summed E-state index contributed by atoms with van der Waals surface area (Å²) in [5.41, 5.74) is 0. The minimum atomic E-state index is -0.584. The quantitative estimate of drug-likeness (QED) is 0.884. The second-order valence-electron chi connectivity index (χ2n) is 4.18. The Hall–Kier alpha value is -0.460. The van der Waals surface area contributed by atoms with Crippen LogP contribution in [0.1, 0.15) is 18.2 Å². The molecule has 1 N–H and O–H groups in total. The highest BCUT2D eigenvalue weighted by atomic mass is 32.2. The van der Waals surface area contributed by atoms with Crippen LogP contribution in [-0.2, 0) is 17.3 Å². The Balaban J connectivity index is 1.82. The van der Waals surface area contributed by atoms with Gasteiger partial charge in [-0.05, 0) is 6.42 Å². The number of thiazole rings is 1. The molecule has 2 rings (SSSR count). The van der Waals surface area contributed by atoms with E-state index in [1.54, 1.807) is 11.3 Å². The standard InChI is InChI=1S/C11H19N3OS2/c1-2-3-12-11-13-8-10(16-11)9-14-4-6-17(15)7-5-14/h8H,2-7,9H2,1H3,(H,12,13). The van der Waals surface area contributed by atoms with Crippen LogP contribution in [0.25, 0.3) is 0 Å². The van der Waals surface area contributed by atoms with Gasteiger partial charge in [-0.1, -0.05) is 6.92 Å². The van der Waals surface area contributed by atoms with Gasteiger partial charge in [0.15, 0.2) is 5.13 Å². The van der Waals surface area contributed by atoms with Crippen molar-refractivity contribution in [1.82, 2.24) is 9.88 Å². The molecule has 0 atom stereocenters. The number of rotatable bonds is 5. The Kier molecular flexibility index (Phi) is 4.94. The zero-order valence-corrected chi connectivity index (χ0v) is 11.8. The first-order chi connectivity index (χ1) is 8.28. The monoisotopic (exact) mass is 273 g/mol. The summed E-state index contributed by atoms with van der Waals surface area (Å²) in [7, 11) is -0.584. The van der Waals surface area contributed by atoms with E-state index in [4.69, 9.17) is 0 Å². The molecule has 6 heteroatoms. The molecule has 1 aromatic heterocycles. The van der Waals surface area contributed by atoms with Gasteiger partial charge in [0.25, 0.3) is 0 Å². The van der Waals surface area contributed by atoms with E-state index in [1.165, 1.54) is 4.88 Å². The van der Waals surface area contributed by atoms with Gasteiger partial charge in [-0.2, -0.15) is 0 Å². The molecule has 0 aliphatic carbocycles. The van der Waals surface area contributed by atoms with Crippen LogP contribution in [-0.4, -0.2) is 45.2 Å². The molecule has 0 bridgehead atoms. The van der Waals surface area contributed by atoms with E-state index in [-0.39, 0.29) is 0 Å². The SMILES string of the molecule is CCCNc1ncc(CN2CCS(=O)CC2)s1. The zero-order chi connectivity index (χ0) is 12.1. The maximum absolute atomic E-state index is 11.2. The van der Waals surface area contributed by atoms with Gasteiger partial charge in [0.2, 0.25) is 0 Å². The van der Waals surface area contributed by atoms with Crippen LogP contribution in [0.3, 0.4) is 0 Å². The number of nitrogens with one attached hydrogen (secondary N) is 1. The summed E-state index contributed by atoms with van der Waals surface area (Å²) in [6, 6.07) is 0. The molecule has 0 spiro atoms. The third-order valence-corrected chi connectivity index (χ3v) is 4.95. The highest BCUT2D eigenvalue weighted by molar-refractivity contribution is 7.85. The smallest absolute Gasteiger partial charge is 0.182 e. The second-order valence-corrected chi connectivity index (χ2v) is 6.99. The predicted molar refractivity (Wildman–Crippen MR) is 74.0 cm³/mol. The average Bonchev–Trinajstić information content (AvgIpc) is 2.77. The van der Waals surface area contributed by atoms with Crippen molar-refractivity contribution in [3.63, 3.8) is 0 Å². The summed E-state index contributed by atoms with van der Waals surface area (Å²) in [6.45, 7) is 5.97. The maximum atomic E-state index is 11.2. The van der Waals surface area contributed by atoms with Gasteiger partial charge >= 0.3 is 0 Å². The fraction of sp³-hybridized carbons (Fsp3) is 0.727. The molecule has 1 aliphatic rings.